The predicted octanol–water partition coefficient (Wildman–Crippen LogP) is 8.77. The smallest absolute Gasteiger partial charge is 0.0270 e. The van der Waals surface area contributed by atoms with Gasteiger partial charge in [0.05, 0.1) is 0 Å². The Hall–Kier alpha value is 2.04. The molecule has 0 bridgehead atoms. The maximum atomic E-state index is 2.44. The van der Waals surface area contributed by atoms with E-state index in [9.17, 15) is 0 Å². The monoisotopic (exact) mass is 983 g/mol. The van der Waals surface area contributed by atoms with E-state index >= 15 is 0 Å². The Morgan fingerprint density at radius 1 is 0.292 bits per heavy atom. The van der Waals surface area contributed by atoms with Crippen LogP contribution < -0.4 is 0 Å². The van der Waals surface area contributed by atoms with Crippen LogP contribution in [-0.4, -0.2) is 0 Å². The summed E-state index contributed by atoms with van der Waals surface area (Å²) in [4.78, 5) is 0. The van der Waals surface area contributed by atoms with Crippen LogP contribution in [0.4, 0.5) is 0 Å². The third-order valence-electron chi connectivity index (χ3n) is 4.05. The van der Waals surface area contributed by atoms with Crippen LogP contribution in [0.15, 0.2) is 36.4 Å². The molecular weight excluding hydrogens is 978 g/mol. The molecule has 0 aliphatic carbocycles. The summed E-state index contributed by atoms with van der Waals surface area (Å²) in [6.07, 6.45) is 0. The third-order valence-corrected chi connectivity index (χ3v) is 12.5. The Bertz CT molecular complexity index is 896. The van der Waals surface area contributed by atoms with Gasteiger partial charge in [0, 0.05) is 21.4 Å². The fraction of sp³-hybridized carbons (Fsp3) is 0. The van der Waals surface area contributed by atoms with E-state index in [-0.39, 0.29) is 0 Å². The molecule has 0 saturated heterocycles. The first kappa shape index (κ1) is 19.4. The molecule has 4 aromatic rings. The van der Waals surface area contributed by atoms with E-state index in [1.807, 2.05) is 0 Å². The first-order valence-electron chi connectivity index (χ1n) is 6.85. The van der Waals surface area contributed by atoms with Gasteiger partial charge in [0.15, 0.2) is 0 Å². The number of fused-ring (bicyclic) bond motifs is 6. The van der Waals surface area contributed by atoms with Gasteiger partial charge in [0.1, 0.15) is 0 Å². The van der Waals surface area contributed by atoms with Crippen LogP contribution in [0.3, 0.4) is 0 Å². The quantitative estimate of drug-likeness (QED) is 0.122. The van der Waals surface area contributed by atoms with E-state index in [1.165, 1.54) is 53.7 Å². The van der Waals surface area contributed by atoms with Crippen LogP contribution in [0.1, 0.15) is 0 Å². The lowest BCUT2D eigenvalue weighted by molar-refractivity contribution is 1.62. The standard InChI is InChI=1S/C18H6I6/c19-13-1-7-8(2-14(13)20)10-4-17(23)18(24)6-12(10)11-5-16(22)15(21)3-9(7)11/h1-6H. The van der Waals surface area contributed by atoms with Crippen molar-refractivity contribution >= 4 is 168 Å². The van der Waals surface area contributed by atoms with Crippen LogP contribution >= 0.6 is 136 Å². The normalized spacial score (nSPS) is 11.8. The van der Waals surface area contributed by atoms with Crippen molar-refractivity contribution in [2.75, 3.05) is 0 Å². The maximum Gasteiger partial charge on any atom is 0.0270 e. The second-order valence-electron chi connectivity index (χ2n) is 5.44. The molecule has 0 fully saturated rings. The van der Waals surface area contributed by atoms with E-state index in [0.29, 0.717) is 0 Å². The van der Waals surface area contributed by atoms with Crippen molar-refractivity contribution in [1.29, 1.82) is 0 Å². The number of hydrogen-bond donors (Lipinski definition) is 0. The SMILES string of the molecule is Ic1cc2c3cc(I)c(I)cc3c3cc(I)c(I)cc3c2cc1I. The summed E-state index contributed by atoms with van der Waals surface area (Å²) < 4.78 is 7.89. The van der Waals surface area contributed by atoms with Gasteiger partial charge in [0.25, 0.3) is 0 Å². The van der Waals surface area contributed by atoms with Gasteiger partial charge in [-0.05, 0) is 204 Å². The zero-order valence-electron chi connectivity index (χ0n) is 11.7. The summed E-state index contributed by atoms with van der Waals surface area (Å²) in [5.74, 6) is 0. The Kier molecular flexibility index (Phi) is 6.02. The Morgan fingerprint density at radius 3 is 0.542 bits per heavy atom. The summed E-state index contributed by atoms with van der Waals surface area (Å²) in [6.45, 7) is 0. The molecule has 0 N–H and O–H groups in total. The molecular formula is C18H6I6. The molecule has 0 nitrogen and oxygen atoms in total. The molecule has 0 radical (unpaired) electrons. The van der Waals surface area contributed by atoms with E-state index in [1.54, 1.807) is 0 Å². The van der Waals surface area contributed by atoms with Crippen LogP contribution in [0.25, 0.3) is 32.3 Å². The van der Waals surface area contributed by atoms with Gasteiger partial charge in [-0.2, -0.15) is 0 Å². The fourth-order valence-electron chi connectivity index (χ4n) is 2.98. The first-order chi connectivity index (χ1) is 11.4. The molecule has 0 atom stereocenters. The second kappa shape index (κ2) is 7.46. The maximum absolute atomic E-state index is 2.44. The van der Waals surface area contributed by atoms with Gasteiger partial charge in [-0.15, -0.1) is 0 Å². The molecule has 24 heavy (non-hydrogen) atoms. The molecule has 0 amide bonds. The van der Waals surface area contributed by atoms with Gasteiger partial charge in [-0.25, -0.2) is 0 Å². The molecule has 120 valence electrons. The van der Waals surface area contributed by atoms with Crippen LogP contribution in [0.5, 0.6) is 0 Å². The molecule has 4 rings (SSSR count). The number of halogens is 6. The molecule has 6 heteroatoms. The van der Waals surface area contributed by atoms with E-state index in [4.69, 9.17) is 0 Å². The Labute approximate surface area is 221 Å². The van der Waals surface area contributed by atoms with Gasteiger partial charge in [0.2, 0.25) is 0 Å². The number of hydrogen-bond acceptors (Lipinski definition) is 0. The molecule has 4 aromatic carbocycles. The van der Waals surface area contributed by atoms with Crippen LogP contribution in [-0.2, 0) is 0 Å². The van der Waals surface area contributed by atoms with Crippen LogP contribution in [0.2, 0.25) is 0 Å². The molecule has 0 aliphatic rings. The number of rotatable bonds is 0. The molecule has 0 heterocycles. The third kappa shape index (κ3) is 3.32. The van der Waals surface area contributed by atoms with Crippen molar-refractivity contribution in [3.05, 3.63) is 57.8 Å². The first-order valence-corrected chi connectivity index (χ1v) is 13.3. The summed E-state index contributed by atoms with van der Waals surface area (Å²) in [5, 5.41) is 8.13. The topological polar surface area (TPSA) is 0 Å². The van der Waals surface area contributed by atoms with Crippen molar-refractivity contribution in [3.8, 4) is 0 Å². The average molecular weight is 984 g/mol. The highest BCUT2D eigenvalue weighted by Gasteiger charge is 2.14. The van der Waals surface area contributed by atoms with Gasteiger partial charge in [-0.1, -0.05) is 0 Å². The lowest BCUT2D eigenvalue weighted by Crippen LogP contribution is -1.91. The van der Waals surface area contributed by atoms with E-state index in [0.717, 1.165) is 0 Å². The average Bonchev–Trinajstić information content (AvgIpc) is 2.53. The van der Waals surface area contributed by atoms with E-state index in [2.05, 4.69) is 172 Å². The highest BCUT2D eigenvalue weighted by molar-refractivity contribution is 14.1. The van der Waals surface area contributed by atoms with Crippen molar-refractivity contribution in [1.82, 2.24) is 0 Å². The van der Waals surface area contributed by atoms with Crippen molar-refractivity contribution in [2.45, 2.75) is 0 Å². The fourth-order valence-corrected chi connectivity index (χ4v) is 5.78. The summed E-state index contributed by atoms with van der Waals surface area (Å²) in [5.41, 5.74) is 0. The minimum absolute atomic E-state index is 1.31. The van der Waals surface area contributed by atoms with Crippen molar-refractivity contribution in [3.63, 3.8) is 0 Å². The zero-order valence-corrected chi connectivity index (χ0v) is 24.7. The van der Waals surface area contributed by atoms with Gasteiger partial charge < -0.3 is 0 Å². The molecule has 0 aromatic heterocycles. The van der Waals surface area contributed by atoms with Crippen molar-refractivity contribution < 1.29 is 0 Å². The molecule has 0 unspecified atom stereocenters. The molecule has 0 aliphatic heterocycles. The molecule has 0 saturated carbocycles. The van der Waals surface area contributed by atoms with E-state index < -0.39 is 0 Å². The van der Waals surface area contributed by atoms with Crippen LogP contribution in [0, 0.1) is 21.4 Å². The molecule has 0 spiro atoms. The predicted molar refractivity (Wildman–Crippen MR) is 155 cm³/mol. The van der Waals surface area contributed by atoms with Crippen molar-refractivity contribution in [2.24, 2.45) is 0 Å². The van der Waals surface area contributed by atoms with Gasteiger partial charge >= 0.3 is 0 Å². The second-order valence-corrected chi connectivity index (χ2v) is 12.4. The number of benzene rings is 4. The summed E-state index contributed by atoms with van der Waals surface area (Å²) >= 11 is 14.7. The summed E-state index contributed by atoms with van der Waals surface area (Å²) in [7, 11) is 0. The van der Waals surface area contributed by atoms with Gasteiger partial charge in [-0.3, -0.25) is 0 Å². The lowest BCUT2D eigenvalue weighted by atomic mass is 9.94. The highest BCUT2D eigenvalue weighted by Crippen LogP contribution is 2.40. The summed E-state index contributed by atoms with van der Waals surface area (Å²) in [6, 6.07) is 14.0. The lowest BCUT2D eigenvalue weighted by Gasteiger charge is -2.14. The minimum atomic E-state index is 1.31. The Balaban J connectivity index is 2.40. The largest absolute Gasteiger partial charge is 0.0431 e. The zero-order chi connectivity index (χ0) is 17.2. The Morgan fingerprint density at radius 2 is 0.417 bits per heavy atom. The minimum Gasteiger partial charge on any atom is -0.0431 e. The highest BCUT2D eigenvalue weighted by atomic mass is 127.